The van der Waals surface area contributed by atoms with Gasteiger partial charge in [0.15, 0.2) is 0 Å². The average molecular weight is 436 g/mol. The first-order chi connectivity index (χ1) is 15.0. The number of fused-ring (bicyclic) bond motifs is 1. The molecule has 0 radical (unpaired) electrons. The van der Waals surface area contributed by atoms with Crippen LogP contribution in [0.3, 0.4) is 0 Å². The summed E-state index contributed by atoms with van der Waals surface area (Å²) in [7, 11) is -1.32. The second kappa shape index (κ2) is 7.91. The lowest BCUT2D eigenvalue weighted by atomic mass is 9.99. The molecule has 0 spiro atoms. The summed E-state index contributed by atoms with van der Waals surface area (Å²) in [6, 6.07) is 35.0. The zero-order valence-corrected chi connectivity index (χ0v) is 19.9. The fraction of sp³-hybridized carbons (Fsp3) is 0.107. The third-order valence-electron chi connectivity index (χ3n) is 5.68. The van der Waals surface area contributed by atoms with Crippen LogP contribution in [0.4, 0.5) is 0 Å². The Hall–Kier alpha value is -3.01. The number of nitrogens with zero attached hydrogens (tertiary/aromatic N) is 1. The van der Waals surface area contributed by atoms with Crippen molar-refractivity contribution in [3.05, 3.63) is 97.1 Å². The Labute approximate surface area is 189 Å². The third kappa shape index (κ3) is 4.12. The molecule has 0 saturated heterocycles. The lowest BCUT2D eigenvalue weighted by molar-refractivity contribution is 1.47. The molecule has 0 bridgehead atoms. The van der Waals surface area contributed by atoms with E-state index in [0.29, 0.717) is 0 Å². The zero-order chi connectivity index (χ0) is 21.4. The SMILES string of the molecule is C[Si](C)(C)c1cccc(-c2ccc(-c3cccc(-c4nc5ccccc5s4)c3)cc2)c1. The van der Waals surface area contributed by atoms with Gasteiger partial charge in [-0.3, -0.25) is 0 Å². The Morgan fingerprint density at radius 2 is 1.19 bits per heavy atom. The first-order valence-electron chi connectivity index (χ1n) is 10.6. The summed E-state index contributed by atoms with van der Waals surface area (Å²) in [4.78, 5) is 4.82. The van der Waals surface area contributed by atoms with Crippen LogP contribution in [0.15, 0.2) is 97.1 Å². The molecule has 5 rings (SSSR count). The molecule has 0 aliphatic rings. The molecule has 0 atom stereocenters. The molecule has 0 saturated carbocycles. The molecule has 0 amide bonds. The zero-order valence-electron chi connectivity index (χ0n) is 18.1. The quantitative estimate of drug-likeness (QED) is 0.262. The van der Waals surface area contributed by atoms with Crippen molar-refractivity contribution in [3.8, 4) is 32.8 Å². The average Bonchev–Trinajstić information content (AvgIpc) is 3.23. The van der Waals surface area contributed by atoms with E-state index in [4.69, 9.17) is 4.98 Å². The van der Waals surface area contributed by atoms with Crippen molar-refractivity contribution in [1.29, 1.82) is 0 Å². The van der Waals surface area contributed by atoms with Crippen molar-refractivity contribution in [1.82, 2.24) is 4.98 Å². The number of aromatic nitrogens is 1. The number of thiazole rings is 1. The van der Waals surface area contributed by atoms with Gasteiger partial charge in [-0.05, 0) is 40.5 Å². The van der Waals surface area contributed by atoms with E-state index in [1.165, 1.54) is 37.7 Å². The maximum atomic E-state index is 4.82. The van der Waals surface area contributed by atoms with E-state index >= 15 is 0 Å². The van der Waals surface area contributed by atoms with Crippen LogP contribution in [0.5, 0.6) is 0 Å². The van der Waals surface area contributed by atoms with E-state index in [-0.39, 0.29) is 0 Å². The van der Waals surface area contributed by atoms with Crippen LogP contribution in [0.25, 0.3) is 43.0 Å². The second-order valence-corrected chi connectivity index (χ2v) is 15.1. The summed E-state index contributed by atoms with van der Waals surface area (Å²) in [5.41, 5.74) is 7.26. The maximum absolute atomic E-state index is 4.82. The molecule has 1 heterocycles. The molecule has 5 aromatic rings. The van der Waals surface area contributed by atoms with Crippen LogP contribution in [-0.2, 0) is 0 Å². The van der Waals surface area contributed by atoms with E-state index < -0.39 is 8.07 Å². The summed E-state index contributed by atoms with van der Waals surface area (Å²) in [6.07, 6.45) is 0. The van der Waals surface area contributed by atoms with Gasteiger partial charge in [0, 0.05) is 5.56 Å². The van der Waals surface area contributed by atoms with Gasteiger partial charge in [-0.25, -0.2) is 4.98 Å². The molecule has 0 N–H and O–H groups in total. The number of rotatable bonds is 4. The maximum Gasteiger partial charge on any atom is 0.124 e. The molecule has 0 aliphatic heterocycles. The van der Waals surface area contributed by atoms with Gasteiger partial charge in [-0.2, -0.15) is 0 Å². The predicted molar refractivity (Wildman–Crippen MR) is 139 cm³/mol. The van der Waals surface area contributed by atoms with Crippen LogP contribution in [-0.4, -0.2) is 13.1 Å². The molecule has 1 aromatic heterocycles. The van der Waals surface area contributed by atoms with Crippen molar-refractivity contribution >= 4 is 34.8 Å². The highest BCUT2D eigenvalue weighted by molar-refractivity contribution is 7.21. The van der Waals surface area contributed by atoms with Crippen LogP contribution < -0.4 is 5.19 Å². The molecular formula is C28H25NSSi. The van der Waals surface area contributed by atoms with Gasteiger partial charge >= 0.3 is 0 Å². The van der Waals surface area contributed by atoms with Crippen LogP contribution in [0.1, 0.15) is 0 Å². The minimum Gasteiger partial charge on any atom is -0.236 e. The normalized spacial score (nSPS) is 11.7. The smallest absolute Gasteiger partial charge is 0.124 e. The molecule has 0 aliphatic carbocycles. The number of para-hydroxylation sites is 1. The van der Waals surface area contributed by atoms with Crippen molar-refractivity contribution in [3.63, 3.8) is 0 Å². The van der Waals surface area contributed by atoms with Crippen molar-refractivity contribution in [2.75, 3.05) is 0 Å². The standard InChI is InChI=1S/C28H25NSSi/c1-31(2,3)25-11-7-9-23(19-25)21-16-14-20(15-17-21)22-8-6-10-24(18-22)28-29-26-12-4-5-13-27(26)30-28/h4-19H,1-3H3. The Morgan fingerprint density at radius 3 is 1.87 bits per heavy atom. The fourth-order valence-electron chi connectivity index (χ4n) is 3.85. The molecule has 0 unspecified atom stereocenters. The van der Waals surface area contributed by atoms with Crippen LogP contribution >= 0.6 is 11.3 Å². The monoisotopic (exact) mass is 435 g/mol. The van der Waals surface area contributed by atoms with Crippen molar-refractivity contribution in [2.24, 2.45) is 0 Å². The van der Waals surface area contributed by atoms with Crippen molar-refractivity contribution < 1.29 is 0 Å². The lowest BCUT2D eigenvalue weighted by Gasteiger charge is -2.17. The first-order valence-corrected chi connectivity index (χ1v) is 15.0. The Bertz CT molecular complexity index is 1330. The Kier molecular flexibility index (Phi) is 5.09. The molecule has 4 aromatic carbocycles. The highest BCUT2D eigenvalue weighted by atomic mass is 32.1. The van der Waals surface area contributed by atoms with Crippen LogP contribution in [0.2, 0.25) is 19.6 Å². The Balaban J connectivity index is 1.46. The van der Waals surface area contributed by atoms with E-state index in [9.17, 15) is 0 Å². The summed E-state index contributed by atoms with van der Waals surface area (Å²) in [6.45, 7) is 7.19. The first kappa shape index (κ1) is 19.9. The number of benzene rings is 4. The highest BCUT2D eigenvalue weighted by Gasteiger charge is 2.16. The van der Waals surface area contributed by atoms with Gasteiger partial charge in [0.1, 0.15) is 5.01 Å². The third-order valence-corrected chi connectivity index (χ3v) is 8.81. The van der Waals surface area contributed by atoms with Gasteiger partial charge in [0.05, 0.1) is 18.3 Å². The number of hydrogen-bond donors (Lipinski definition) is 0. The largest absolute Gasteiger partial charge is 0.236 e. The molecule has 3 heteroatoms. The minimum absolute atomic E-state index is 1.07. The van der Waals surface area contributed by atoms with Crippen LogP contribution in [0, 0.1) is 0 Å². The lowest BCUT2D eigenvalue weighted by Crippen LogP contribution is -2.37. The Morgan fingerprint density at radius 1 is 0.581 bits per heavy atom. The van der Waals surface area contributed by atoms with E-state index in [2.05, 4.69) is 111 Å². The topological polar surface area (TPSA) is 12.9 Å². The summed E-state index contributed by atoms with van der Waals surface area (Å²) in [5, 5.41) is 2.57. The number of hydrogen-bond acceptors (Lipinski definition) is 2. The van der Waals surface area contributed by atoms with E-state index in [1.54, 1.807) is 11.3 Å². The second-order valence-electron chi connectivity index (χ2n) is 8.98. The van der Waals surface area contributed by atoms with Gasteiger partial charge in [0.2, 0.25) is 0 Å². The molecule has 1 nitrogen and oxygen atoms in total. The highest BCUT2D eigenvalue weighted by Crippen LogP contribution is 2.33. The predicted octanol–water partition coefficient (Wildman–Crippen LogP) is 7.84. The fourth-order valence-corrected chi connectivity index (χ4v) is 5.99. The summed E-state index contributed by atoms with van der Waals surface area (Å²) >= 11 is 1.75. The molecule has 31 heavy (non-hydrogen) atoms. The van der Waals surface area contributed by atoms with Crippen molar-refractivity contribution in [2.45, 2.75) is 19.6 Å². The van der Waals surface area contributed by atoms with Gasteiger partial charge in [-0.15, -0.1) is 11.3 Å². The minimum atomic E-state index is -1.32. The van der Waals surface area contributed by atoms with Gasteiger partial charge in [-0.1, -0.05) is 104 Å². The van der Waals surface area contributed by atoms with E-state index in [1.807, 2.05) is 6.07 Å². The van der Waals surface area contributed by atoms with Gasteiger partial charge in [0.25, 0.3) is 0 Å². The summed E-state index contributed by atoms with van der Waals surface area (Å²) < 4.78 is 1.23. The molecule has 0 fully saturated rings. The molecule has 152 valence electrons. The summed E-state index contributed by atoms with van der Waals surface area (Å²) in [5.74, 6) is 0. The van der Waals surface area contributed by atoms with Gasteiger partial charge < -0.3 is 0 Å². The van der Waals surface area contributed by atoms with E-state index in [0.717, 1.165) is 10.5 Å². The molecular weight excluding hydrogens is 410 g/mol.